The molecule has 1 N–H and O–H groups in total. The number of rotatable bonds is 8. The Morgan fingerprint density at radius 3 is 2.50 bits per heavy atom. The van der Waals surface area contributed by atoms with Crippen LogP contribution in [0.1, 0.15) is 63.5 Å². The van der Waals surface area contributed by atoms with Crippen molar-refractivity contribution in [2.75, 3.05) is 0 Å². The van der Waals surface area contributed by atoms with E-state index in [-0.39, 0.29) is 5.56 Å². The fourth-order valence-electron chi connectivity index (χ4n) is 2.09. The highest BCUT2D eigenvalue weighted by Gasteiger charge is 2.15. The molecular weight excluding hydrogens is 251 g/mol. The number of hydrogen-bond acceptors (Lipinski definition) is 1. The topological polar surface area (TPSA) is 20.2 Å². The van der Waals surface area contributed by atoms with Gasteiger partial charge in [-0.25, -0.2) is 4.39 Å². The predicted molar refractivity (Wildman–Crippen MR) is 74.4 cm³/mol. The first-order valence-corrected chi connectivity index (χ1v) is 7.16. The zero-order valence-corrected chi connectivity index (χ0v) is 11.7. The van der Waals surface area contributed by atoms with Crippen LogP contribution in [0.2, 0.25) is 5.02 Å². The van der Waals surface area contributed by atoms with Gasteiger partial charge in [-0.2, -0.15) is 0 Å². The van der Waals surface area contributed by atoms with Crippen LogP contribution in [-0.4, -0.2) is 5.11 Å². The summed E-state index contributed by atoms with van der Waals surface area (Å²) in [6, 6.07) is 4.51. The molecule has 1 unspecified atom stereocenters. The summed E-state index contributed by atoms with van der Waals surface area (Å²) < 4.78 is 13.5. The SMILES string of the molecule is CCCCCCCCC(O)c1c(F)cccc1Cl. The van der Waals surface area contributed by atoms with Crippen LogP contribution in [0.15, 0.2) is 18.2 Å². The molecule has 0 spiro atoms. The van der Waals surface area contributed by atoms with E-state index in [1.54, 1.807) is 12.1 Å². The maximum absolute atomic E-state index is 13.5. The van der Waals surface area contributed by atoms with Crippen molar-refractivity contribution in [3.05, 3.63) is 34.6 Å². The molecule has 0 fully saturated rings. The highest BCUT2D eigenvalue weighted by Crippen LogP contribution is 2.29. The van der Waals surface area contributed by atoms with Crippen LogP contribution in [0, 0.1) is 5.82 Å². The maximum Gasteiger partial charge on any atom is 0.130 e. The summed E-state index contributed by atoms with van der Waals surface area (Å²) in [5, 5.41) is 10.3. The largest absolute Gasteiger partial charge is 0.388 e. The molecule has 0 bridgehead atoms. The Labute approximate surface area is 114 Å². The van der Waals surface area contributed by atoms with Crippen molar-refractivity contribution in [2.24, 2.45) is 0 Å². The minimum atomic E-state index is -0.787. The second-order valence-corrected chi connectivity index (χ2v) is 5.11. The van der Waals surface area contributed by atoms with Gasteiger partial charge in [0.1, 0.15) is 5.82 Å². The molecule has 0 amide bonds. The quantitative estimate of drug-likeness (QED) is 0.640. The molecule has 0 aliphatic heterocycles. The van der Waals surface area contributed by atoms with Gasteiger partial charge in [0.15, 0.2) is 0 Å². The van der Waals surface area contributed by atoms with Crippen molar-refractivity contribution < 1.29 is 9.50 Å². The second-order valence-electron chi connectivity index (χ2n) is 4.71. The Hall–Kier alpha value is -0.600. The highest BCUT2D eigenvalue weighted by atomic mass is 35.5. The van der Waals surface area contributed by atoms with Crippen LogP contribution in [-0.2, 0) is 0 Å². The third kappa shape index (κ3) is 4.95. The van der Waals surface area contributed by atoms with Gasteiger partial charge in [-0.1, -0.05) is 63.1 Å². The first kappa shape index (κ1) is 15.5. The van der Waals surface area contributed by atoms with Gasteiger partial charge in [0.25, 0.3) is 0 Å². The van der Waals surface area contributed by atoms with Crippen molar-refractivity contribution in [1.29, 1.82) is 0 Å². The van der Waals surface area contributed by atoms with Gasteiger partial charge in [0.2, 0.25) is 0 Å². The summed E-state index contributed by atoms with van der Waals surface area (Å²) in [4.78, 5) is 0. The second kappa shape index (κ2) is 8.49. The number of hydrogen-bond donors (Lipinski definition) is 1. The molecule has 0 radical (unpaired) electrons. The molecule has 0 aliphatic rings. The Kier molecular flexibility index (Phi) is 7.29. The van der Waals surface area contributed by atoms with Gasteiger partial charge in [-0.05, 0) is 18.6 Å². The Morgan fingerprint density at radius 2 is 1.83 bits per heavy atom. The van der Waals surface area contributed by atoms with E-state index in [9.17, 15) is 9.50 Å². The standard InChI is InChI=1S/C15H22ClFO/c1-2-3-4-5-6-7-11-14(18)15-12(16)9-8-10-13(15)17/h8-10,14,18H,2-7,11H2,1H3. The van der Waals surface area contributed by atoms with Gasteiger partial charge >= 0.3 is 0 Å². The summed E-state index contributed by atoms with van der Waals surface area (Å²) >= 11 is 5.91. The van der Waals surface area contributed by atoms with Gasteiger partial charge < -0.3 is 5.11 Å². The summed E-state index contributed by atoms with van der Waals surface area (Å²) in [6.45, 7) is 2.18. The Bertz CT molecular complexity index is 334. The van der Waals surface area contributed by atoms with E-state index in [0.717, 1.165) is 12.8 Å². The van der Waals surface area contributed by atoms with E-state index < -0.39 is 11.9 Å². The minimum absolute atomic E-state index is 0.243. The molecule has 1 aromatic rings. The summed E-state index contributed by atoms with van der Waals surface area (Å²) in [5.41, 5.74) is 0.243. The molecule has 102 valence electrons. The van der Waals surface area contributed by atoms with E-state index in [1.807, 2.05) is 0 Å². The average Bonchev–Trinajstić information content (AvgIpc) is 2.33. The fourth-order valence-corrected chi connectivity index (χ4v) is 2.38. The molecule has 3 heteroatoms. The molecule has 0 aliphatic carbocycles. The molecule has 1 aromatic carbocycles. The first-order chi connectivity index (χ1) is 8.66. The lowest BCUT2D eigenvalue weighted by atomic mass is 10.0. The molecule has 0 saturated carbocycles. The summed E-state index contributed by atoms with van der Waals surface area (Å²) in [7, 11) is 0. The maximum atomic E-state index is 13.5. The molecule has 1 atom stereocenters. The number of halogens is 2. The molecule has 0 heterocycles. The summed E-state index contributed by atoms with van der Waals surface area (Å²) in [6.07, 6.45) is 6.71. The summed E-state index contributed by atoms with van der Waals surface area (Å²) in [5.74, 6) is -0.416. The zero-order valence-electron chi connectivity index (χ0n) is 11.0. The number of benzene rings is 1. The molecule has 0 saturated heterocycles. The third-order valence-electron chi connectivity index (χ3n) is 3.16. The minimum Gasteiger partial charge on any atom is -0.388 e. The molecule has 1 rings (SSSR count). The van der Waals surface area contributed by atoms with Crippen LogP contribution in [0.4, 0.5) is 4.39 Å². The van der Waals surface area contributed by atoms with Gasteiger partial charge in [0, 0.05) is 10.6 Å². The Morgan fingerprint density at radius 1 is 1.17 bits per heavy atom. The van der Waals surface area contributed by atoms with Crippen molar-refractivity contribution in [1.82, 2.24) is 0 Å². The van der Waals surface area contributed by atoms with Crippen molar-refractivity contribution in [3.8, 4) is 0 Å². The van der Waals surface area contributed by atoms with E-state index in [2.05, 4.69) is 6.92 Å². The molecule has 0 aromatic heterocycles. The lowest BCUT2D eigenvalue weighted by molar-refractivity contribution is 0.159. The lowest BCUT2D eigenvalue weighted by Gasteiger charge is -2.13. The highest BCUT2D eigenvalue weighted by molar-refractivity contribution is 6.31. The van der Waals surface area contributed by atoms with Crippen LogP contribution >= 0.6 is 11.6 Å². The number of unbranched alkanes of at least 4 members (excludes halogenated alkanes) is 5. The monoisotopic (exact) mass is 272 g/mol. The van der Waals surface area contributed by atoms with Crippen LogP contribution in [0.3, 0.4) is 0 Å². The van der Waals surface area contributed by atoms with E-state index in [0.29, 0.717) is 11.4 Å². The predicted octanol–water partition coefficient (Wildman–Crippen LogP) is 5.26. The van der Waals surface area contributed by atoms with Gasteiger partial charge in [-0.15, -0.1) is 0 Å². The lowest BCUT2D eigenvalue weighted by Crippen LogP contribution is -2.01. The van der Waals surface area contributed by atoms with Crippen LogP contribution < -0.4 is 0 Å². The fraction of sp³-hybridized carbons (Fsp3) is 0.600. The normalized spacial score (nSPS) is 12.7. The number of aliphatic hydroxyl groups excluding tert-OH is 1. The van der Waals surface area contributed by atoms with Crippen LogP contribution in [0.25, 0.3) is 0 Å². The Balaban J connectivity index is 2.34. The molecule has 1 nitrogen and oxygen atoms in total. The van der Waals surface area contributed by atoms with Crippen molar-refractivity contribution in [2.45, 2.75) is 58.0 Å². The van der Waals surface area contributed by atoms with Gasteiger partial charge in [0.05, 0.1) is 6.10 Å². The van der Waals surface area contributed by atoms with Crippen molar-refractivity contribution >= 4 is 11.6 Å². The van der Waals surface area contributed by atoms with E-state index in [1.165, 1.54) is 31.7 Å². The first-order valence-electron chi connectivity index (χ1n) is 6.78. The van der Waals surface area contributed by atoms with Crippen LogP contribution in [0.5, 0.6) is 0 Å². The van der Waals surface area contributed by atoms with E-state index in [4.69, 9.17) is 11.6 Å². The molecule has 18 heavy (non-hydrogen) atoms. The molecular formula is C15H22ClFO. The zero-order chi connectivity index (χ0) is 13.4. The average molecular weight is 273 g/mol. The van der Waals surface area contributed by atoms with Gasteiger partial charge in [-0.3, -0.25) is 0 Å². The smallest absolute Gasteiger partial charge is 0.130 e. The third-order valence-corrected chi connectivity index (χ3v) is 3.49. The van der Waals surface area contributed by atoms with Crippen molar-refractivity contribution in [3.63, 3.8) is 0 Å². The van der Waals surface area contributed by atoms with E-state index >= 15 is 0 Å². The number of aliphatic hydroxyl groups is 1.